The fourth-order valence-electron chi connectivity index (χ4n) is 2.17. The Morgan fingerprint density at radius 3 is 2.94 bits per heavy atom. The Hall–Kier alpha value is -1.39. The van der Waals surface area contributed by atoms with Gasteiger partial charge in [0, 0.05) is 19.1 Å². The standard InChI is InChI=1S/C13H18N2O2/c1-17-13-5-3-2-4-11(13)12(16)9-15-7-6-10(14)8-15/h2-5,10H,6-9,14H2,1H3/t10-/m1/s1. The quantitative estimate of drug-likeness (QED) is 0.787. The van der Waals surface area contributed by atoms with Gasteiger partial charge in [0.1, 0.15) is 5.75 Å². The Balaban J connectivity index is 2.04. The highest BCUT2D eigenvalue weighted by atomic mass is 16.5. The van der Waals surface area contributed by atoms with Gasteiger partial charge in [0.05, 0.1) is 19.2 Å². The normalized spacial score (nSPS) is 20.5. The van der Waals surface area contributed by atoms with Crippen molar-refractivity contribution in [1.82, 2.24) is 4.90 Å². The summed E-state index contributed by atoms with van der Waals surface area (Å²) in [5.74, 6) is 0.734. The maximum absolute atomic E-state index is 12.1. The van der Waals surface area contributed by atoms with Gasteiger partial charge in [-0.25, -0.2) is 0 Å². The fourth-order valence-corrected chi connectivity index (χ4v) is 2.17. The Labute approximate surface area is 101 Å². The highest BCUT2D eigenvalue weighted by molar-refractivity contribution is 6.00. The largest absolute Gasteiger partial charge is 0.496 e. The van der Waals surface area contributed by atoms with E-state index < -0.39 is 0 Å². The van der Waals surface area contributed by atoms with E-state index >= 15 is 0 Å². The first kappa shape index (κ1) is 12.1. The topological polar surface area (TPSA) is 55.6 Å². The number of nitrogens with zero attached hydrogens (tertiary/aromatic N) is 1. The number of Topliss-reactive ketones (excluding diaryl/α,β-unsaturated/α-hetero) is 1. The van der Waals surface area contributed by atoms with E-state index in [-0.39, 0.29) is 11.8 Å². The summed E-state index contributed by atoms with van der Waals surface area (Å²) in [6.45, 7) is 2.14. The van der Waals surface area contributed by atoms with Gasteiger partial charge in [0.25, 0.3) is 0 Å². The van der Waals surface area contributed by atoms with E-state index in [0.717, 1.165) is 19.5 Å². The van der Waals surface area contributed by atoms with Gasteiger partial charge < -0.3 is 10.5 Å². The van der Waals surface area contributed by atoms with Crippen molar-refractivity contribution in [3.05, 3.63) is 29.8 Å². The number of methoxy groups -OCH3 is 1. The first-order chi connectivity index (χ1) is 8.20. The highest BCUT2D eigenvalue weighted by Crippen LogP contribution is 2.19. The van der Waals surface area contributed by atoms with Crippen LogP contribution >= 0.6 is 0 Å². The third kappa shape index (κ3) is 2.84. The van der Waals surface area contributed by atoms with E-state index in [1.54, 1.807) is 13.2 Å². The van der Waals surface area contributed by atoms with Crippen molar-refractivity contribution in [3.63, 3.8) is 0 Å². The van der Waals surface area contributed by atoms with Crippen molar-refractivity contribution in [1.29, 1.82) is 0 Å². The van der Waals surface area contributed by atoms with Crippen LogP contribution in [0.4, 0.5) is 0 Å². The summed E-state index contributed by atoms with van der Waals surface area (Å²) in [6.07, 6.45) is 0.971. The van der Waals surface area contributed by atoms with Gasteiger partial charge in [0.2, 0.25) is 0 Å². The van der Waals surface area contributed by atoms with E-state index in [4.69, 9.17) is 10.5 Å². The summed E-state index contributed by atoms with van der Waals surface area (Å²) in [4.78, 5) is 14.2. The van der Waals surface area contributed by atoms with Crippen molar-refractivity contribution >= 4 is 5.78 Å². The Bertz CT molecular complexity index is 406. The third-order valence-electron chi connectivity index (χ3n) is 3.08. The zero-order valence-corrected chi connectivity index (χ0v) is 10.1. The van der Waals surface area contributed by atoms with Crippen molar-refractivity contribution < 1.29 is 9.53 Å². The van der Waals surface area contributed by atoms with Crippen LogP contribution in [0, 0.1) is 0 Å². The number of hydrogen-bond acceptors (Lipinski definition) is 4. The number of para-hydroxylation sites is 1. The molecule has 1 heterocycles. The average molecular weight is 234 g/mol. The number of likely N-dealkylation sites (tertiary alicyclic amines) is 1. The lowest BCUT2D eigenvalue weighted by atomic mass is 10.1. The van der Waals surface area contributed by atoms with Crippen LogP contribution in [0.2, 0.25) is 0 Å². The molecular formula is C13H18N2O2. The highest BCUT2D eigenvalue weighted by Gasteiger charge is 2.22. The summed E-state index contributed by atoms with van der Waals surface area (Å²) in [5, 5.41) is 0. The van der Waals surface area contributed by atoms with Crippen LogP contribution in [-0.4, -0.2) is 43.5 Å². The van der Waals surface area contributed by atoms with Gasteiger partial charge in [-0.05, 0) is 18.6 Å². The first-order valence-corrected chi connectivity index (χ1v) is 5.85. The number of carbonyl (C=O) groups excluding carboxylic acids is 1. The monoisotopic (exact) mass is 234 g/mol. The molecule has 0 saturated carbocycles. The Morgan fingerprint density at radius 1 is 1.53 bits per heavy atom. The summed E-state index contributed by atoms with van der Waals surface area (Å²) in [7, 11) is 1.58. The second-order valence-electron chi connectivity index (χ2n) is 4.41. The maximum Gasteiger partial charge on any atom is 0.180 e. The molecule has 2 rings (SSSR count). The van der Waals surface area contributed by atoms with Gasteiger partial charge in [-0.2, -0.15) is 0 Å². The van der Waals surface area contributed by atoms with Crippen LogP contribution in [0.5, 0.6) is 5.75 Å². The summed E-state index contributed by atoms with van der Waals surface area (Å²) in [5.41, 5.74) is 6.47. The minimum atomic E-state index is 0.0940. The number of nitrogens with two attached hydrogens (primary N) is 1. The molecular weight excluding hydrogens is 216 g/mol. The number of benzene rings is 1. The Kier molecular flexibility index (Phi) is 3.76. The van der Waals surface area contributed by atoms with E-state index in [2.05, 4.69) is 4.90 Å². The molecule has 2 N–H and O–H groups in total. The first-order valence-electron chi connectivity index (χ1n) is 5.85. The van der Waals surface area contributed by atoms with Crippen molar-refractivity contribution in [2.45, 2.75) is 12.5 Å². The second kappa shape index (κ2) is 5.29. The van der Waals surface area contributed by atoms with Gasteiger partial charge in [-0.1, -0.05) is 12.1 Å². The fraction of sp³-hybridized carbons (Fsp3) is 0.462. The van der Waals surface area contributed by atoms with Crippen molar-refractivity contribution in [2.24, 2.45) is 5.73 Å². The molecule has 0 bridgehead atoms. The molecule has 0 radical (unpaired) electrons. The minimum absolute atomic E-state index is 0.0940. The van der Waals surface area contributed by atoms with Gasteiger partial charge in [-0.3, -0.25) is 9.69 Å². The van der Waals surface area contributed by atoms with E-state index in [1.807, 2.05) is 18.2 Å². The van der Waals surface area contributed by atoms with Gasteiger partial charge in [0.15, 0.2) is 5.78 Å². The predicted molar refractivity (Wildman–Crippen MR) is 66.4 cm³/mol. The van der Waals surface area contributed by atoms with Crippen LogP contribution in [-0.2, 0) is 0 Å². The Morgan fingerprint density at radius 2 is 2.29 bits per heavy atom. The molecule has 0 aliphatic carbocycles. The number of carbonyl (C=O) groups is 1. The van der Waals surface area contributed by atoms with Crippen molar-refractivity contribution in [2.75, 3.05) is 26.7 Å². The second-order valence-corrected chi connectivity index (χ2v) is 4.41. The molecule has 1 saturated heterocycles. The molecule has 0 unspecified atom stereocenters. The third-order valence-corrected chi connectivity index (χ3v) is 3.08. The summed E-state index contributed by atoms with van der Waals surface area (Å²) >= 11 is 0. The van der Waals surface area contributed by atoms with Crippen LogP contribution in [0.25, 0.3) is 0 Å². The van der Waals surface area contributed by atoms with Gasteiger partial charge in [-0.15, -0.1) is 0 Å². The summed E-state index contributed by atoms with van der Waals surface area (Å²) < 4.78 is 5.19. The number of hydrogen-bond donors (Lipinski definition) is 1. The molecule has 1 atom stereocenters. The smallest absolute Gasteiger partial charge is 0.180 e. The lowest BCUT2D eigenvalue weighted by Crippen LogP contribution is -2.31. The molecule has 1 fully saturated rings. The number of rotatable bonds is 4. The molecule has 17 heavy (non-hydrogen) atoms. The lowest BCUT2D eigenvalue weighted by molar-refractivity contribution is 0.0942. The van der Waals surface area contributed by atoms with Gasteiger partial charge >= 0.3 is 0 Å². The molecule has 0 amide bonds. The lowest BCUT2D eigenvalue weighted by Gasteiger charge is -2.15. The molecule has 92 valence electrons. The molecule has 4 nitrogen and oxygen atoms in total. The van der Waals surface area contributed by atoms with E-state index in [1.165, 1.54) is 0 Å². The van der Waals surface area contributed by atoms with Crippen LogP contribution < -0.4 is 10.5 Å². The minimum Gasteiger partial charge on any atom is -0.496 e. The van der Waals surface area contributed by atoms with Crippen molar-refractivity contribution in [3.8, 4) is 5.75 Å². The average Bonchev–Trinajstić information content (AvgIpc) is 2.74. The molecule has 0 aromatic heterocycles. The maximum atomic E-state index is 12.1. The molecule has 1 aromatic carbocycles. The van der Waals surface area contributed by atoms with E-state index in [0.29, 0.717) is 17.9 Å². The molecule has 4 heteroatoms. The number of ether oxygens (including phenoxy) is 1. The number of ketones is 1. The SMILES string of the molecule is COc1ccccc1C(=O)CN1CC[C@@H](N)C1. The molecule has 1 aromatic rings. The zero-order valence-electron chi connectivity index (χ0n) is 10.1. The predicted octanol–water partition coefficient (Wildman–Crippen LogP) is 0.911. The van der Waals surface area contributed by atoms with E-state index in [9.17, 15) is 4.79 Å². The molecule has 0 spiro atoms. The van der Waals surface area contributed by atoms with Crippen LogP contribution in [0.15, 0.2) is 24.3 Å². The van der Waals surface area contributed by atoms with Crippen LogP contribution in [0.1, 0.15) is 16.8 Å². The van der Waals surface area contributed by atoms with Crippen LogP contribution in [0.3, 0.4) is 0 Å². The molecule has 1 aliphatic rings. The summed E-state index contributed by atoms with van der Waals surface area (Å²) in [6, 6.07) is 7.54. The zero-order chi connectivity index (χ0) is 12.3. The molecule has 1 aliphatic heterocycles.